The zero-order valence-electron chi connectivity index (χ0n) is 11.0. The Bertz CT molecular complexity index is 711. The highest BCUT2D eigenvalue weighted by atomic mass is 19.1. The Morgan fingerprint density at radius 1 is 1.33 bits per heavy atom. The van der Waals surface area contributed by atoms with Crippen LogP contribution in [-0.4, -0.2) is 15.9 Å². The van der Waals surface area contributed by atoms with Crippen LogP contribution in [0.5, 0.6) is 5.75 Å². The first-order chi connectivity index (χ1) is 9.88. The van der Waals surface area contributed by atoms with Gasteiger partial charge >= 0.3 is 5.69 Å². The second-order valence-electron chi connectivity index (χ2n) is 4.40. The van der Waals surface area contributed by atoms with E-state index in [2.05, 4.69) is 5.32 Å². The van der Waals surface area contributed by atoms with Crippen LogP contribution in [0.3, 0.4) is 0 Å². The Balaban J connectivity index is 2.33. The third-order valence-electron chi connectivity index (χ3n) is 2.76. The first kappa shape index (κ1) is 14.4. The van der Waals surface area contributed by atoms with Crippen molar-refractivity contribution in [2.75, 3.05) is 5.32 Å². The number of carbonyl (C=O) groups is 1. The molecule has 0 bridgehead atoms. The number of carbonyl (C=O) groups excluding carboxylic acids is 1. The van der Waals surface area contributed by atoms with Gasteiger partial charge in [-0.15, -0.1) is 0 Å². The second-order valence-corrected chi connectivity index (χ2v) is 4.40. The number of phenols is 1. The standard InChI is InChI=1S/C14H11FN2O4/c1-8-5-9(15)7-10(6-8)16-14(19)11-3-2-4-12(13(11)18)17(20)21/h2-7,18H,1H3,(H,16,19). The third-order valence-corrected chi connectivity index (χ3v) is 2.76. The minimum absolute atomic E-state index is 0.198. The molecule has 2 N–H and O–H groups in total. The van der Waals surface area contributed by atoms with Crippen molar-refractivity contribution in [3.63, 3.8) is 0 Å². The van der Waals surface area contributed by atoms with Crippen LogP contribution in [0, 0.1) is 22.9 Å². The molecule has 108 valence electrons. The number of anilines is 1. The molecule has 0 unspecified atom stereocenters. The van der Waals surface area contributed by atoms with Gasteiger partial charge < -0.3 is 10.4 Å². The molecule has 2 aromatic carbocycles. The van der Waals surface area contributed by atoms with E-state index in [9.17, 15) is 24.4 Å². The molecule has 2 aromatic rings. The molecule has 0 aromatic heterocycles. The average molecular weight is 290 g/mol. The Morgan fingerprint density at radius 2 is 2.05 bits per heavy atom. The fraction of sp³-hybridized carbons (Fsp3) is 0.0714. The van der Waals surface area contributed by atoms with Crippen LogP contribution in [-0.2, 0) is 0 Å². The molecule has 1 amide bonds. The number of aryl methyl sites for hydroxylation is 1. The third kappa shape index (κ3) is 3.14. The molecule has 0 heterocycles. The number of nitro benzene ring substituents is 1. The number of para-hydroxylation sites is 1. The lowest BCUT2D eigenvalue weighted by molar-refractivity contribution is -0.385. The molecule has 0 aliphatic heterocycles. The van der Waals surface area contributed by atoms with Gasteiger partial charge in [0.25, 0.3) is 5.91 Å². The number of benzene rings is 2. The number of aromatic hydroxyl groups is 1. The first-order valence-corrected chi connectivity index (χ1v) is 5.93. The van der Waals surface area contributed by atoms with Gasteiger partial charge in [0.2, 0.25) is 5.75 Å². The highest BCUT2D eigenvalue weighted by Crippen LogP contribution is 2.29. The summed E-state index contributed by atoms with van der Waals surface area (Å²) in [5.41, 5.74) is -0.0267. The van der Waals surface area contributed by atoms with Crippen LogP contribution in [0.2, 0.25) is 0 Å². The van der Waals surface area contributed by atoms with Crippen LogP contribution in [0.4, 0.5) is 15.8 Å². The summed E-state index contributed by atoms with van der Waals surface area (Å²) in [6.07, 6.45) is 0. The summed E-state index contributed by atoms with van der Waals surface area (Å²) in [5.74, 6) is -2.01. The van der Waals surface area contributed by atoms with Crippen molar-refractivity contribution in [3.05, 3.63) is 63.5 Å². The van der Waals surface area contributed by atoms with E-state index in [0.29, 0.717) is 5.56 Å². The molecule has 0 atom stereocenters. The van der Waals surface area contributed by atoms with E-state index in [1.165, 1.54) is 24.3 Å². The number of phenolic OH excluding ortho intramolecular Hbond substituents is 1. The van der Waals surface area contributed by atoms with E-state index < -0.39 is 28.1 Å². The number of nitrogens with one attached hydrogen (secondary N) is 1. The minimum atomic E-state index is -0.793. The average Bonchev–Trinajstić information content (AvgIpc) is 2.37. The molecular formula is C14H11FN2O4. The van der Waals surface area contributed by atoms with Crippen LogP contribution in [0.1, 0.15) is 15.9 Å². The number of nitro groups is 1. The van der Waals surface area contributed by atoms with E-state index in [4.69, 9.17) is 0 Å². The topological polar surface area (TPSA) is 92.5 Å². The molecule has 0 saturated heterocycles. The SMILES string of the molecule is Cc1cc(F)cc(NC(=O)c2cccc([N+](=O)[O-])c2O)c1. The van der Waals surface area contributed by atoms with Crippen molar-refractivity contribution in [2.24, 2.45) is 0 Å². The lowest BCUT2D eigenvalue weighted by Gasteiger charge is -2.08. The van der Waals surface area contributed by atoms with E-state index >= 15 is 0 Å². The van der Waals surface area contributed by atoms with Gasteiger partial charge in [-0.3, -0.25) is 14.9 Å². The van der Waals surface area contributed by atoms with Gasteiger partial charge in [0.15, 0.2) is 0 Å². The van der Waals surface area contributed by atoms with Crippen molar-refractivity contribution in [2.45, 2.75) is 6.92 Å². The summed E-state index contributed by atoms with van der Waals surface area (Å²) < 4.78 is 13.2. The first-order valence-electron chi connectivity index (χ1n) is 5.93. The number of amides is 1. The Kier molecular flexibility index (Phi) is 3.84. The smallest absolute Gasteiger partial charge is 0.311 e. The quantitative estimate of drug-likeness (QED) is 0.671. The Hall–Kier alpha value is -2.96. The fourth-order valence-electron chi connectivity index (χ4n) is 1.87. The van der Waals surface area contributed by atoms with E-state index in [-0.39, 0.29) is 11.3 Å². The normalized spacial score (nSPS) is 10.2. The van der Waals surface area contributed by atoms with Gasteiger partial charge in [-0.2, -0.15) is 0 Å². The van der Waals surface area contributed by atoms with Crippen molar-refractivity contribution >= 4 is 17.3 Å². The summed E-state index contributed by atoms with van der Waals surface area (Å²) in [6, 6.07) is 7.54. The maximum Gasteiger partial charge on any atom is 0.311 e. The molecule has 0 aliphatic carbocycles. The molecular weight excluding hydrogens is 279 g/mol. The zero-order chi connectivity index (χ0) is 15.6. The van der Waals surface area contributed by atoms with Crippen LogP contribution in [0.25, 0.3) is 0 Å². The molecule has 7 heteroatoms. The number of nitrogens with zero attached hydrogens (tertiary/aromatic N) is 1. The number of hydrogen-bond donors (Lipinski definition) is 2. The highest BCUT2D eigenvalue weighted by Gasteiger charge is 2.21. The maximum absolute atomic E-state index is 13.2. The van der Waals surface area contributed by atoms with Crippen molar-refractivity contribution in [1.29, 1.82) is 0 Å². The molecule has 0 radical (unpaired) electrons. The van der Waals surface area contributed by atoms with Gasteiger partial charge in [-0.05, 0) is 36.8 Å². The molecule has 21 heavy (non-hydrogen) atoms. The van der Waals surface area contributed by atoms with Crippen LogP contribution < -0.4 is 5.32 Å². The van der Waals surface area contributed by atoms with Crippen molar-refractivity contribution in [1.82, 2.24) is 0 Å². The largest absolute Gasteiger partial charge is 0.502 e. The van der Waals surface area contributed by atoms with Crippen molar-refractivity contribution in [3.8, 4) is 5.75 Å². The number of hydrogen-bond acceptors (Lipinski definition) is 4. The van der Waals surface area contributed by atoms with Crippen LogP contribution >= 0.6 is 0 Å². The zero-order valence-corrected chi connectivity index (χ0v) is 11.0. The van der Waals surface area contributed by atoms with Gasteiger partial charge in [-0.25, -0.2) is 4.39 Å². The maximum atomic E-state index is 13.2. The lowest BCUT2D eigenvalue weighted by atomic mass is 10.1. The number of rotatable bonds is 3. The summed E-state index contributed by atoms with van der Waals surface area (Å²) in [5, 5.41) is 22.8. The van der Waals surface area contributed by atoms with Gasteiger partial charge in [-0.1, -0.05) is 6.07 Å². The summed E-state index contributed by atoms with van der Waals surface area (Å²) >= 11 is 0. The van der Waals surface area contributed by atoms with Gasteiger partial charge in [0, 0.05) is 11.8 Å². The Morgan fingerprint density at radius 3 is 2.67 bits per heavy atom. The predicted octanol–water partition coefficient (Wildman–Crippen LogP) is 3.00. The van der Waals surface area contributed by atoms with Gasteiger partial charge in [0.05, 0.1) is 10.5 Å². The lowest BCUT2D eigenvalue weighted by Crippen LogP contribution is -2.12. The molecule has 0 fully saturated rings. The van der Waals surface area contributed by atoms with E-state index in [1.54, 1.807) is 6.92 Å². The number of halogens is 1. The fourth-order valence-corrected chi connectivity index (χ4v) is 1.87. The molecule has 6 nitrogen and oxygen atoms in total. The summed E-state index contributed by atoms with van der Waals surface area (Å²) in [7, 11) is 0. The predicted molar refractivity (Wildman–Crippen MR) is 73.9 cm³/mol. The molecule has 0 saturated carbocycles. The summed E-state index contributed by atoms with van der Waals surface area (Å²) in [4.78, 5) is 21.9. The molecule has 0 spiro atoms. The minimum Gasteiger partial charge on any atom is -0.502 e. The highest BCUT2D eigenvalue weighted by molar-refractivity contribution is 6.06. The van der Waals surface area contributed by atoms with E-state index in [1.807, 2.05) is 0 Å². The van der Waals surface area contributed by atoms with E-state index in [0.717, 1.165) is 12.1 Å². The van der Waals surface area contributed by atoms with Gasteiger partial charge in [0.1, 0.15) is 5.82 Å². The monoisotopic (exact) mass is 290 g/mol. The summed E-state index contributed by atoms with van der Waals surface area (Å²) in [6.45, 7) is 1.66. The molecule has 2 rings (SSSR count). The Labute approximate surface area is 119 Å². The van der Waals surface area contributed by atoms with Crippen LogP contribution in [0.15, 0.2) is 36.4 Å². The van der Waals surface area contributed by atoms with Crippen molar-refractivity contribution < 1.29 is 19.2 Å². The molecule has 0 aliphatic rings. The second kappa shape index (κ2) is 5.58.